The SMILES string of the molecule is COc1ccc(N=Nc2ccc(C(=O)Cl)cc2)cc1. The van der Waals surface area contributed by atoms with Crippen LogP contribution in [-0.4, -0.2) is 12.4 Å². The van der Waals surface area contributed by atoms with E-state index in [1.165, 1.54) is 0 Å². The third kappa shape index (κ3) is 3.63. The van der Waals surface area contributed by atoms with Gasteiger partial charge in [0.25, 0.3) is 5.24 Å². The molecule has 0 saturated carbocycles. The van der Waals surface area contributed by atoms with Crippen LogP contribution in [0.1, 0.15) is 10.4 Å². The van der Waals surface area contributed by atoms with E-state index in [9.17, 15) is 4.79 Å². The first-order chi connectivity index (χ1) is 9.19. The number of methoxy groups -OCH3 is 1. The maximum absolute atomic E-state index is 10.9. The van der Waals surface area contributed by atoms with Crippen LogP contribution >= 0.6 is 11.6 Å². The molecular formula is C14H11ClN2O2. The highest BCUT2D eigenvalue weighted by Gasteiger charge is 2.00. The van der Waals surface area contributed by atoms with E-state index in [1.54, 1.807) is 43.5 Å². The Morgan fingerprint density at radius 2 is 1.42 bits per heavy atom. The van der Waals surface area contributed by atoms with Crippen molar-refractivity contribution in [1.29, 1.82) is 0 Å². The quantitative estimate of drug-likeness (QED) is 0.609. The van der Waals surface area contributed by atoms with Crippen LogP contribution in [0.4, 0.5) is 11.4 Å². The zero-order valence-corrected chi connectivity index (χ0v) is 11.0. The molecule has 0 aliphatic rings. The molecule has 0 fully saturated rings. The van der Waals surface area contributed by atoms with Crippen molar-refractivity contribution in [1.82, 2.24) is 0 Å². The fourth-order valence-corrected chi connectivity index (χ4v) is 1.55. The smallest absolute Gasteiger partial charge is 0.252 e. The van der Waals surface area contributed by atoms with Gasteiger partial charge in [0.15, 0.2) is 0 Å². The number of ether oxygens (including phenoxy) is 1. The Labute approximate surface area is 115 Å². The molecule has 2 aromatic carbocycles. The Kier molecular flexibility index (Phi) is 4.26. The molecule has 96 valence electrons. The highest BCUT2D eigenvalue weighted by Crippen LogP contribution is 2.21. The van der Waals surface area contributed by atoms with Gasteiger partial charge in [-0.1, -0.05) is 0 Å². The van der Waals surface area contributed by atoms with Crippen molar-refractivity contribution in [2.45, 2.75) is 0 Å². The molecule has 4 nitrogen and oxygen atoms in total. The van der Waals surface area contributed by atoms with Crippen LogP contribution in [0.5, 0.6) is 5.75 Å². The van der Waals surface area contributed by atoms with Crippen LogP contribution in [0.15, 0.2) is 58.8 Å². The molecule has 5 heteroatoms. The van der Waals surface area contributed by atoms with E-state index in [4.69, 9.17) is 16.3 Å². The van der Waals surface area contributed by atoms with E-state index in [2.05, 4.69) is 10.2 Å². The minimum atomic E-state index is -0.487. The highest BCUT2D eigenvalue weighted by atomic mass is 35.5. The zero-order valence-electron chi connectivity index (χ0n) is 10.2. The summed E-state index contributed by atoms with van der Waals surface area (Å²) >= 11 is 5.35. The summed E-state index contributed by atoms with van der Waals surface area (Å²) in [5.41, 5.74) is 1.81. The Morgan fingerprint density at radius 1 is 0.947 bits per heavy atom. The summed E-state index contributed by atoms with van der Waals surface area (Å²) in [7, 11) is 1.61. The van der Waals surface area contributed by atoms with E-state index in [1.807, 2.05) is 12.1 Å². The molecule has 0 saturated heterocycles. The van der Waals surface area contributed by atoms with Crippen LogP contribution in [0.3, 0.4) is 0 Å². The lowest BCUT2D eigenvalue weighted by molar-refractivity contribution is 0.108. The lowest BCUT2D eigenvalue weighted by atomic mass is 10.2. The van der Waals surface area contributed by atoms with Gasteiger partial charge in [0.05, 0.1) is 18.5 Å². The fourth-order valence-electron chi connectivity index (χ4n) is 1.42. The molecular weight excluding hydrogens is 264 g/mol. The molecule has 0 bridgehead atoms. The van der Waals surface area contributed by atoms with E-state index < -0.39 is 5.24 Å². The van der Waals surface area contributed by atoms with Crippen molar-refractivity contribution < 1.29 is 9.53 Å². The monoisotopic (exact) mass is 274 g/mol. The van der Waals surface area contributed by atoms with Gasteiger partial charge in [-0.2, -0.15) is 10.2 Å². The number of rotatable bonds is 4. The Balaban J connectivity index is 2.10. The van der Waals surface area contributed by atoms with Gasteiger partial charge in [-0.3, -0.25) is 4.79 Å². The molecule has 19 heavy (non-hydrogen) atoms. The second-order valence-electron chi connectivity index (χ2n) is 3.72. The molecule has 0 radical (unpaired) electrons. The summed E-state index contributed by atoms with van der Waals surface area (Å²) in [5, 5.41) is 7.65. The minimum absolute atomic E-state index is 0.435. The lowest BCUT2D eigenvalue weighted by Crippen LogP contribution is -1.85. The molecule has 0 heterocycles. The van der Waals surface area contributed by atoms with Crippen molar-refractivity contribution in [3.05, 3.63) is 54.1 Å². The maximum atomic E-state index is 10.9. The predicted octanol–water partition coefficient (Wildman–Crippen LogP) is 4.49. The molecule has 0 N–H and O–H groups in total. The first-order valence-corrected chi connectivity index (χ1v) is 5.92. The number of carbonyl (C=O) groups is 1. The number of hydrogen-bond donors (Lipinski definition) is 0. The van der Waals surface area contributed by atoms with E-state index >= 15 is 0 Å². The molecule has 2 aromatic rings. The largest absolute Gasteiger partial charge is 0.497 e. The van der Waals surface area contributed by atoms with Crippen molar-refractivity contribution >= 4 is 28.2 Å². The van der Waals surface area contributed by atoms with Gasteiger partial charge in [0, 0.05) is 5.56 Å². The van der Waals surface area contributed by atoms with E-state index in [0.717, 1.165) is 11.4 Å². The second kappa shape index (κ2) is 6.11. The molecule has 2 rings (SSSR count). The van der Waals surface area contributed by atoms with Crippen LogP contribution in [0, 0.1) is 0 Å². The number of halogens is 1. The highest BCUT2D eigenvalue weighted by molar-refractivity contribution is 6.67. The molecule has 0 unspecified atom stereocenters. The number of benzene rings is 2. The third-order valence-corrected chi connectivity index (χ3v) is 2.67. The van der Waals surface area contributed by atoms with Gasteiger partial charge < -0.3 is 4.74 Å². The minimum Gasteiger partial charge on any atom is -0.497 e. The second-order valence-corrected chi connectivity index (χ2v) is 4.06. The van der Waals surface area contributed by atoms with E-state index in [0.29, 0.717) is 11.3 Å². The average molecular weight is 275 g/mol. The number of hydrogen-bond acceptors (Lipinski definition) is 4. The van der Waals surface area contributed by atoms with Gasteiger partial charge in [-0.15, -0.1) is 0 Å². The summed E-state index contributed by atoms with van der Waals surface area (Å²) in [5.74, 6) is 0.768. The van der Waals surface area contributed by atoms with Crippen molar-refractivity contribution in [3.8, 4) is 5.75 Å². The molecule has 0 atom stereocenters. The van der Waals surface area contributed by atoms with Crippen molar-refractivity contribution in [3.63, 3.8) is 0 Å². The summed E-state index contributed by atoms with van der Waals surface area (Å²) in [4.78, 5) is 10.9. The Bertz CT molecular complexity index is 592. The average Bonchev–Trinajstić information content (AvgIpc) is 2.46. The van der Waals surface area contributed by atoms with Gasteiger partial charge in [-0.05, 0) is 60.1 Å². The van der Waals surface area contributed by atoms with Gasteiger partial charge in [-0.25, -0.2) is 0 Å². The molecule has 0 aliphatic heterocycles. The summed E-state index contributed by atoms with van der Waals surface area (Å²) in [6, 6.07) is 13.8. The van der Waals surface area contributed by atoms with Crippen LogP contribution in [0.25, 0.3) is 0 Å². The third-order valence-electron chi connectivity index (χ3n) is 2.45. The predicted molar refractivity (Wildman–Crippen MR) is 73.8 cm³/mol. The zero-order chi connectivity index (χ0) is 13.7. The summed E-state index contributed by atoms with van der Waals surface area (Å²) in [6.07, 6.45) is 0. The Morgan fingerprint density at radius 3 is 1.84 bits per heavy atom. The van der Waals surface area contributed by atoms with Crippen LogP contribution < -0.4 is 4.74 Å². The van der Waals surface area contributed by atoms with Crippen molar-refractivity contribution in [2.24, 2.45) is 10.2 Å². The maximum Gasteiger partial charge on any atom is 0.252 e. The number of carbonyl (C=O) groups excluding carboxylic acids is 1. The van der Waals surface area contributed by atoms with Gasteiger partial charge >= 0.3 is 0 Å². The standard InChI is InChI=1S/C14H11ClN2O2/c1-19-13-8-6-12(7-9-13)17-16-11-4-2-10(3-5-11)14(15)18/h2-9H,1H3. The summed E-state index contributed by atoms with van der Waals surface area (Å²) < 4.78 is 5.05. The van der Waals surface area contributed by atoms with Crippen molar-refractivity contribution in [2.75, 3.05) is 7.11 Å². The first-order valence-electron chi connectivity index (χ1n) is 5.55. The number of nitrogens with zero attached hydrogens (tertiary/aromatic N) is 2. The van der Waals surface area contributed by atoms with E-state index in [-0.39, 0.29) is 0 Å². The first kappa shape index (κ1) is 13.2. The molecule has 0 aliphatic carbocycles. The Hall–Kier alpha value is -2.20. The van der Waals surface area contributed by atoms with Crippen LogP contribution in [0.2, 0.25) is 0 Å². The van der Waals surface area contributed by atoms with Crippen LogP contribution in [-0.2, 0) is 0 Å². The normalized spacial score (nSPS) is 10.6. The summed E-state index contributed by atoms with van der Waals surface area (Å²) in [6.45, 7) is 0. The fraction of sp³-hybridized carbons (Fsp3) is 0.0714. The molecule has 0 aromatic heterocycles. The molecule has 0 amide bonds. The number of azo groups is 1. The molecule has 0 spiro atoms. The van der Waals surface area contributed by atoms with Gasteiger partial charge in [0.2, 0.25) is 0 Å². The lowest BCUT2D eigenvalue weighted by Gasteiger charge is -1.98. The van der Waals surface area contributed by atoms with Gasteiger partial charge in [0.1, 0.15) is 5.75 Å². The topological polar surface area (TPSA) is 51.0 Å².